The Balaban J connectivity index is 1.65. The summed E-state index contributed by atoms with van der Waals surface area (Å²) in [6.07, 6.45) is 1.16. The van der Waals surface area contributed by atoms with Crippen LogP contribution in [0, 0.1) is 5.82 Å². The summed E-state index contributed by atoms with van der Waals surface area (Å²) < 4.78 is 20.0. The normalized spacial score (nSPS) is 18.7. The Kier molecular flexibility index (Phi) is 3.87. The lowest BCUT2D eigenvalue weighted by Gasteiger charge is -2.33. The molecular weight excluding hydrogens is 277 g/mol. The van der Waals surface area contributed by atoms with Crippen molar-refractivity contribution < 1.29 is 13.9 Å². The van der Waals surface area contributed by atoms with Crippen molar-refractivity contribution in [1.29, 1.82) is 0 Å². The van der Waals surface area contributed by atoms with Gasteiger partial charge in [-0.15, -0.1) is 5.10 Å². The standard InChI is InChI=1S/C13H14FN5O2/c14-11-3-1-10(2-4-11)12-7-18(5-6-21-12)13(20)8-19-9-15-16-17-19/h1-4,9,12H,5-8H2/t12-/m0/s1. The molecular formula is C13H14FN5O2. The van der Waals surface area contributed by atoms with Crippen LogP contribution in [-0.4, -0.2) is 50.7 Å². The minimum Gasteiger partial charge on any atom is -0.370 e. The second-order valence-corrected chi connectivity index (χ2v) is 4.76. The third-order valence-electron chi connectivity index (χ3n) is 3.35. The molecule has 0 aliphatic carbocycles. The summed E-state index contributed by atoms with van der Waals surface area (Å²) in [6.45, 7) is 1.51. The van der Waals surface area contributed by atoms with E-state index in [1.807, 2.05) is 0 Å². The molecule has 1 aliphatic rings. The molecule has 8 heteroatoms. The van der Waals surface area contributed by atoms with Crippen LogP contribution in [0.4, 0.5) is 4.39 Å². The third-order valence-corrected chi connectivity index (χ3v) is 3.35. The van der Waals surface area contributed by atoms with Gasteiger partial charge in [0.05, 0.1) is 13.2 Å². The lowest BCUT2D eigenvalue weighted by atomic mass is 10.1. The van der Waals surface area contributed by atoms with Crippen molar-refractivity contribution in [2.45, 2.75) is 12.6 Å². The fraction of sp³-hybridized carbons (Fsp3) is 0.385. The molecule has 1 aromatic carbocycles. The van der Waals surface area contributed by atoms with Crippen molar-refractivity contribution in [2.75, 3.05) is 19.7 Å². The molecule has 1 atom stereocenters. The van der Waals surface area contributed by atoms with Crippen molar-refractivity contribution >= 4 is 5.91 Å². The highest BCUT2D eigenvalue weighted by Crippen LogP contribution is 2.22. The number of aromatic nitrogens is 4. The topological polar surface area (TPSA) is 73.1 Å². The molecule has 3 rings (SSSR count). The molecule has 110 valence electrons. The molecule has 0 radical (unpaired) electrons. The number of morpholine rings is 1. The van der Waals surface area contributed by atoms with Crippen LogP contribution in [0.25, 0.3) is 0 Å². The molecule has 1 amide bonds. The molecule has 2 heterocycles. The van der Waals surface area contributed by atoms with Crippen LogP contribution in [0.15, 0.2) is 30.6 Å². The Hall–Kier alpha value is -2.35. The summed E-state index contributed by atoms with van der Waals surface area (Å²) in [5.74, 6) is -0.362. The van der Waals surface area contributed by atoms with Gasteiger partial charge in [-0.2, -0.15) is 0 Å². The molecule has 1 aromatic heterocycles. The summed E-state index contributed by atoms with van der Waals surface area (Å²) in [4.78, 5) is 13.9. The van der Waals surface area contributed by atoms with Gasteiger partial charge in [0.1, 0.15) is 24.8 Å². The molecule has 1 fully saturated rings. The molecule has 0 unspecified atom stereocenters. The van der Waals surface area contributed by atoms with Crippen LogP contribution in [0.5, 0.6) is 0 Å². The Bertz CT molecular complexity index is 602. The number of hydrogen-bond acceptors (Lipinski definition) is 5. The van der Waals surface area contributed by atoms with E-state index in [2.05, 4.69) is 15.5 Å². The van der Waals surface area contributed by atoms with E-state index in [0.717, 1.165) is 5.56 Å². The predicted molar refractivity (Wildman–Crippen MR) is 69.5 cm³/mol. The van der Waals surface area contributed by atoms with E-state index < -0.39 is 0 Å². The predicted octanol–water partition coefficient (Wildman–Crippen LogP) is 0.412. The Morgan fingerprint density at radius 3 is 2.90 bits per heavy atom. The fourth-order valence-corrected chi connectivity index (χ4v) is 2.25. The number of carbonyl (C=O) groups excluding carboxylic acids is 1. The zero-order chi connectivity index (χ0) is 14.7. The molecule has 0 N–H and O–H groups in total. The van der Waals surface area contributed by atoms with Gasteiger partial charge in [0, 0.05) is 6.54 Å². The molecule has 0 saturated carbocycles. The van der Waals surface area contributed by atoms with Gasteiger partial charge in [0.2, 0.25) is 5.91 Å². The summed E-state index contributed by atoms with van der Waals surface area (Å²) in [6, 6.07) is 6.13. The van der Waals surface area contributed by atoms with Gasteiger partial charge < -0.3 is 9.64 Å². The first kappa shape index (κ1) is 13.6. The summed E-state index contributed by atoms with van der Waals surface area (Å²) in [5, 5.41) is 10.7. The Labute approximate surface area is 120 Å². The van der Waals surface area contributed by atoms with E-state index in [1.54, 1.807) is 17.0 Å². The maximum atomic E-state index is 12.9. The molecule has 21 heavy (non-hydrogen) atoms. The Morgan fingerprint density at radius 2 is 2.19 bits per heavy atom. The van der Waals surface area contributed by atoms with Crippen molar-refractivity contribution in [3.63, 3.8) is 0 Å². The van der Waals surface area contributed by atoms with Gasteiger partial charge in [-0.1, -0.05) is 12.1 Å². The second-order valence-electron chi connectivity index (χ2n) is 4.76. The zero-order valence-electron chi connectivity index (χ0n) is 11.2. The van der Waals surface area contributed by atoms with Gasteiger partial charge in [0.25, 0.3) is 0 Å². The minimum atomic E-state index is -0.291. The van der Waals surface area contributed by atoms with E-state index in [9.17, 15) is 9.18 Å². The van der Waals surface area contributed by atoms with Crippen molar-refractivity contribution in [3.05, 3.63) is 42.0 Å². The van der Waals surface area contributed by atoms with Crippen molar-refractivity contribution in [1.82, 2.24) is 25.1 Å². The molecule has 1 saturated heterocycles. The maximum Gasteiger partial charge on any atom is 0.244 e. The van der Waals surface area contributed by atoms with E-state index in [1.165, 1.54) is 23.1 Å². The van der Waals surface area contributed by atoms with Crippen LogP contribution in [0.1, 0.15) is 11.7 Å². The Morgan fingerprint density at radius 1 is 1.38 bits per heavy atom. The highest BCUT2D eigenvalue weighted by Gasteiger charge is 2.25. The van der Waals surface area contributed by atoms with E-state index in [4.69, 9.17) is 4.74 Å². The van der Waals surface area contributed by atoms with Gasteiger partial charge in [-0.3, -0.25) is 4.79 Å². The maximum absolute atomic E-state index is 12.9. The summed E-state index contributed by atoms with van der Waals surface area (Å²) in [7, 11) is 0. The number of halogens is 1. The lowest BCUT2D eigenvalue weighted by Crippen LogP contribution is -2.43. The van der Waals surface area contributed by atoms with Crippen LogP contribution in [0.3, 0.4) is 0 Å². The average molecular weight is 291 g/mol. The first-order chi connectivity index (χ1) is 10.2. The van der Waals surface area contributed by atoms with Crippen LogP contribution < -0.4 is 0 Å². The largest absolute Gasteiger partial charge is 0.370 e. The van der Waals surface area contributed by atoms with Crippen LogP contribution >= 0.6 is 0 Å². The van der Waals surface area contributed by atoms with Crippen LogP contribution in [-0.2, 0) is 16.1 Å². The smallest absolute Gasteiger partial charge is 0.244 e. The SMILES string of the molecule is O=C(Cn1cnnn1)N1CCO[C@H](c2ccc(F)cc2)C1. The number of carbonyl (C=O) groups is 1. The highest BCUT2D eigenvalue weighted by atomic mass is 19.1. The molecule has 7 nitrogen and oxygen atoms in total. The lowest BCUT2D eigenvalue weighted by molar-refractivity contribution is -0.139. The monoisotopic (exact) mass is 291 g/mol. The van der Waals surface area contributed by atoms with Crippen molar-refractivity contribution in [3.8, 4) is 0 Å². The van der Waals surface area contributed by atoms with Gasteiger partial charge in [0.15, 0.2) is 0 Å². The third kappa shape index (κ3) is 3.22. The fourth-order valence-electron chi connectivity index (χ4n) is 2.25. The number of ether oxygens (including phenoxy) is 1. The minimum absolute atomic E-state index is 0.0716. The number of hydrogen-bond donors (Lipinski definition) is 0. The number of amides is 1. The number of tetrazole rings is 1. The van der Waals surface area contributed by atoms with Gasteiger partial charge in [-0.05, 0) is 28.1 Å². The van der Waals surface area contributed by atoms with Crippen molar-refractivity contribution in [2.24, 2.45) is 0 Å². The second kappa shape index (κ2) is 5.96. The van der Waals surface area contributed by atoms with Gasteiger partial charge in [-0.25, -0.2) is 9.07 Å². The number of benzene rings is 1. The zero-order valence-corrected chi connectivity index (χ0v) is 11.2. The number of rotatable bonds is 3. The quantitative estimate of drug-likeness (QED) is 0.819. The van der Waals surface area contributed by atoms with Gasteiger partial charge >= 0.3 is 0 Å². The van der Waals surface area contributed by atoms with Crippen LogP contribution in [0.2, 0.25) is 0 Å². The molecule has 0 spiro atoms. The van der Waals surface area contributed by atoms with E-state index >= 15 is 0 Å². The highest BCUT2D eigenvalue weighted by molar-refractivity contribution is 5.76. The molecule has 1 aliphatic heterocycles. The number of nitrogens with zero attached hydrogens (tertiary/aromatic N) is 5. The average Bonchev–Trinajstić information content (AvgIpc) is 3.01. The molecule has 2 aromatic rings. The van der Waals surface area contributed by atoms with E-state index in [-0.39, 0.29) is 24.4 Å². The first-order valence-electron chi connectivity index (χ1n) is 6.58. The summed E-state index contributed by atoms with van der Waals surface area (Å²) >= 11 is 0. The summed E-state index contributed by atoms with van der Waals surface area (Å²) in [5.41, 5.74) is 0.858. The molecule has 0 bridgehead atoms. The van der Waals surface area contributed by atoms with E-state index in [0.29, 0.717) is 19.7 Å². The first-order valence-corrected chi connectivity index (χ1v) is 6.58.